The first-order chi connectivity index (χ1) is 8.98. The molecule has 0 aromatic rings. The summed E-state index contributed by atoms with van der Waals surface area (Å²) in [6, 6.07) is 0.466. The number of nitrogens with one attached hydrogen (secondary N) is 1. The van der Waals surface area contributed by atoms with E-state index in [0.29, 0.717) is 11.8 Å². The van der Waals surface area contributed by atoms with Crippen molar-refractivity contribution in [2.45, 2.75) is 50.6 Å². The van der Waals surface area contributed by atoms with Crippen molar-refractivity contribution in [2.24, 2.45) is 5.73 Å². The smallest absolute Gasteiger partial charge is 0.325 e. The van der Waals surface area contributed by atoms with Crippen molar-refractivity contribution in [3.8, 4) is 0 Å². The van der Waals surface area contributed by atoms with E-state index in [0.717, 1.165) is 37.9 Å². The molecular weight excluding hydrogens is 264 g/mol. The van der Waals surface area contributed by atoms with E-state index in [2.05, 4.69) is 5.32 Å². The van der Waals surface area contributed by atoms with Gasteiger partial charge in [-0.3, -0.25) is 14.9 Å². The fourth-order valence-corrected chi connectivity index (χ4v) is 2.75. The molecule has 1 saturated carbocycles. The molecule has 110 valence electrons. The lowest BCUT2D eigenvalue weighted by Gasteiger charge is -2.28. The summed E-state index contributed by atoms with van der Waals surface area (Å²) < 4.78 is 4.89. The van der Waals surface area contributed by atoms with Gasteiger partial charge < -0.3 is 10.5 Å². The van der Waals surface area contributed by atoms with Crippen LogP contribution in [0.2, 0.25) is 0 Å². The van der Waals surface area contributed by atoms with Crippen molar-refractivity contribution in [3.63, 3.8) is 0 Å². The topological polar surface area (TPSA) is 81.4 Å². The molecule has 1 unspecified atom stereocenters. The molecule has 0 radical (unpaired) electrons. The van der Waals surface area contributed by atoms with Gasteiger partial charge >= 0.3 is 5.97 Å². The minimum absolute atomic E-state index is 0.191. The zero-order valence-corrected chi connectivity index (χ0v) is 12.6. The van der Waals surface area contributed by atoms with Crippen LogP contribution in [-0.2, 0) is 14.3 Å². The summed E-state index contributed by atoms with van der Waals surface area (Å²) in [7, 11) is 1.43. The molecule has 0 bridgehead atoms. The molecule has 0 aromatic heterocycles. The van der Waals surface area contributed by atoms with Crippen LogP contribution in [0.4, 0.5) is 0 Å². The number of unbranched alkanes of at least 4 members (excludes halogenated alkanes) is 1. The van der Waals surface area contributed by atoms with Gasteiger partial charge in [0.1, 0.15) is 5.54 Å². The van der Waals surface area contributed by atoms with Crippen LogP contribution in [0.3, 0.4) is 0 Å². The first-order valence-electron chi connectivity index (χ1n) is 6.70. The van der Waals surface area contributed by atoms with Gasteiger partial charge in [-0.05, 0) is 38.4 Å². The van der Waals surface area contributed by atoms with E-state index < -0.39 is 5.54 Å². The third kappa shape index (κ3) is 6.29. The molecule has 6 heteroatoms. The van der Waals surface area contributed by atoms with Crippen LogP contribution in [0.1, 0.15) is 39.0 Å². The molecule has 19 heavy (non-hydrogen) atoms. The van der Waals surface area contributed by atoms with Gasteiger partial charge in [-0.25, -0.2) is 0 Å². The largest absolute Gasteiger partial charge is 0.468 e. The highest BCUT2D eigenvalue weighted by molar-refractivity contribution is 7.99. The number of amides is 1. The molecule has 0 spiro atoms. The quantitative estimate of drug-likeness (QED) is 0.464. The normalized spacial score (nSPS) is 17.8. The van der Waals surface area contributed by atoms with Crippen molar-refractivity contribution in [1.82, 2.24) is 5.32 Å². The molecular formula is C13H24N2O3S. The summed E-state index contributed by atoms with van der Waals surface area (Å²) >= 11 is 1.54. The van der Waals surface area contributed by atoms with E-state index in [1.54, 1.807) is 11.8 Å². The lowest BCUT2D eigenvalue weighted by molar-refractivity contribution is -0.148. The number of carbonyl (C=O) groups excluding carboxylic acids is 2. The number of rotatable bonds is 10. The Morgan fingerprint density at radius 2 is 2.11 bits per heavy atom. The fourth-order valence-electron chi connectivity index (χ4n) is 1.99. The van der Waals surface area contributed by atoms with Gasteiger partial charge in [0, 0.05) is 6.04 Å². The second-order valence-corrected chi connectivity index (χ2v) is 6.32. The van der Waals surface area contributed by atoms with Crippen LogP contribution in [-0.4, -0.2) is 42.1 Å². The van der Waals surface area contributed by atoms with Gasteiger partial charge in [0.15, 0.2) is 0 Å². The molecule has 1 amide bonds. The number of hydrogen-bond acceptors (Lipinski definition) is 5. The zero-order chi connectivity index (χ0) is 14.3. The number of esters is 1. The average molecular weight is 288 g/mol. The van der Waals surface area contributed by atoms with Gasteiger partial charge in [-0.2, -0.15) is 11.8 Å². The first kappa shape index (κ1) is 16.3. The Balaban J connectivity index is 2.24. The van der Waals surface area contributed by atoms with Crippen molar-refractivity contribution in [2.75, 3.05) is 18.6 Å². The van der Waals surface area contributed by atoms with Gasteiger partial charge in [-0.1, -0.05) is 6.42 Å². The minimum atomic E-state index is -0.579. The Labute approximate surface area is 119 Å². The molecule has 1 fully saturated rings. The van der Waals surface area contributed by atoms with E-state index in [4.69, 9.17) is 10.5 Å². The Hall–Kier alpha value is -0.750. The molecule has 1 rings (SSSR count). The Kier molecular flexibility index (Phi) is 6.65. The first-order valence-corrected chi connectivity index (χ1v) is 7.85. The molecule has 1 atom stereocenters. The van der Waals surface area contributed by atoms with Crippen LogP contribution < -0.4 is 11.1 Å². The Morgan fingerprint density at radius 3 is 2.63 bits per heavy atom. The molecule has 0 aromatic carbocycles. The highest BCUT2D eigenvalue weighted by atomic mass is 32.2. The molecule has 3 N–H and O–H groups in total. The second-order valence-electron chi connectivity index (χ2n) is 5.22. The molecule has 0 aliphatic heterocycles. The summed E-state index contributed by atoms with van der Waals surface area (Å²) in [6.45, 7) is 1.91. The van der Waals surface area contributed by atoms with Gasteiger partial charge in [0.2, 0.25) is 5.91 Å². The number of nitrogens with two attached hydrogens (primary N) is 1. The van der Waals surface area contributed by atoms with Crippen LogP contribution in [0.25, 0.3) is 0 Å². The highest BCUT2D eigenvalue weighted by Crippen LogP contribution is 2.26. The van der Waals surface area contributed by atoms with E-state index in [1.807, 2.05) is 6.92 Å². The van der Waals surface area contributed by atoms with Crippen molar-refractivity contribution >= 4 is 23.6 Å². The number of methoxy groups -OCH3 is 1. The molecule has 1 aliphatic rings. The van der Waals surface area contributed by atoms with E-state index in [1.165, 1.54) is 7.11 Å². The van der Waals surface area contributed by atoms with Crippen LogP contribution in [0.5, 0.6) is 0 Å². The van der Waals surface area contributed by atoms with Crippen molar-refractivity contribution < 1.29 is 14.3 Å². The zero-order valence-electron chi connectivity index (χ0n) is 11.7. The SMILES string of the molecule is COC(=O)C(C)(CCCCSCC(N)=O)NC1CC1. The standard InChI is InChI=1S/C13H24N2O3S/c1-13(12(17)18-2,15-10-5-6-10)7-3-4-8-19-9-11(14)16/h10,15H,3-9H2,1-2H3,(H2,14,16). The van der Waals surface area contributed by atoms with Crippen molar-refractivity contribution in [3.05, 3.63) is 0 Å². The summed E-state index contributed by atoms with van der Waals surface area (Å²) in [5, 5.41) is 3.37. The summed E-state index contributed by atoms with van der Waals surface area (Å²) in [6.07, 6.45) is 4.93. The van der Waals surface area contributed by atoms with Crippen LogP contribution in [0, 0.1) is 0 Å². The molecule has 5 nitrogen and oxygen atoms in total. The Bertz CT molecular complexity index is 321. The maximum absolute atomic E-state index is 11.9. The number of hydrogen-bond donors (Lipinski definition) is 2. The van der Waals surface area contributed by atoms with Gasteiger partial charge in [-0.15, -0.1) is 0 Å². The predicted octanol–water partition coefficient (Wildman–Crippen LogP) is 1.06. The average Bonchev–Trinajstić information content (AvgIpc) is 3.15. The summed E-state index contributed by atoms with van der Waals surface area (Å²) in [5.74, 6) is 0.794. The third-order valence-corrected chi connectivity index (χ3v) is 4.26. The third-order valence-electron chi connectivity index (χ3n) is 3.20. The summed E-state index contributed by atoms with van der Waals surface area (Å²) in [5.41, 5.74) is 4.49. The maximum Gasteiger partial charge on any atom is 0.325 e. The number of primary amides is 1. The minimum Gasteiger partial charge on any atom is -0.468 e. The lowest BCUT2D eigenvalue weighted by atomic mass is 9.95. The molecule has 1 aliphatic carbocycles. The highest BCUT2D eigenvalue weighted by Gasteiger charge is 2.38. The monoisotopic (exact) mass is 288 g/mol. The lowest BCUT2D eigenvalue weighted by Crippen LogP contribution is -2.51. The van der Waals surface area contributed by atoms with Crippen molar-refractivity contribution in [1.29, 1.82) is 0 Å². The summed E-state index contributed by atoms with van der Waals surface area (Å²) in [4.78, 5) is 22.4. The van der Waals surface area contributed by atoms with Gasteiger partial charge in [0.25, 0.3) is 0 Å². The number of ether oxygens (including phenoxy) is 1. The maximum atomic E-state index is 11.9. The molecule has 0 saturated heterocycles. The van der Waals surface area contributed by atoms with Crippen LogP contribution >= 0.6 is 11.8 Å². The Morgan fingerprint density at radius 1 is 1.42 bits per heavy atom. The predicted molar refractivity (Wildman–Crippen MR) is 76.9 cm³/mol. The number of carbonyl (C=O) groups is 2. The fraction of sp³-hybridized carbons (Fsp3) is 0.846. The van der Waals surface area contributed by atoms with E-state index in [-0.39, 0.29) is 11.9 Å². The number of thioether (sulfide) groups is 1. The van der Waals surface area contributed by atoms with Gasteiger partial charge in [0.05, 0.1) is 12.9 Å². The van der Waals surface area contributed by atoms with Crippen LogP contribution in [0.15, 0.2) is 0 Å². The second kappa shape index (κ2) is 7.75. The molecule has 0 heterocycles. The van der Waals surface area contributed by atoms with E-state index in [9.17, 15) is 9.59 Å². The van der Waals surface area contributed by atoms with E-state index >= 15 is 0 Å².